The van der Waals surface area contributed by atoms with Gasteiger partial charge in [-0.25, -0.2) is 0 Å². The van der Waals surface area contributed by atoms with Gasteiger partial charge < -0.3 is 31.8 Å². The maximum Gasteiger partial charge on any atom is 1.00 e. The standard InChI is InChI=1S/6C7H8.3C4H9NO.C3H7NO2.4C3H8.H2O/c6*1-7-5-3-2-4-6-7;3*1-3-5-4(2)6;1-3(6)4-2-5;4*1-3-2;/h6*2-6H,1H3;3*3H2,1-2H3,(H,5,6);5H,2H2,1H3,(H,4,6);4*3H2,1-2H3;1H2/p+1. The van der Waals surface area contributed by atoms with Crippen LogP contribution < -0.4 is 21.3 Å². The summed E-state index contributed by atoms with van der Waals surface area (Å²) in [5.41, 5.74) is 7.93. The van der Waals surface area contributed by atoms with Gasteiger partial charge in [0.15, 0.2) is 0 Å². The van der Waals surface area contributed by atoms with E-state index in [1.165, 1.54) is 86.8 Å². The summed E-state index contributed by atoms with van der Waals surface area (Å²) in [4.78, 5) is 39.6. The minimum Gasteiger partial charge on any atom is -0.412 e. The first-order chi connectivity index (χ1) is 37.1. The molecule has 6 rings (SSSR count). The summed E-state index contributed by atoms with van der Waals surface area (Å²) >= 11 is 0. The first kappa shape index (κ1) is 91.6. The lowest BCUT2D eigenvalue weighted by Crippen LogP contribution is -2.19. The van der Waals surface area contributed by atoms with Crippen LogP contribution in [0.15, 0.2) is 182 Å². The minimum atomic E-state index is -0.269. The molecule has 0 aliphatic carbocycles. The number of aliphatic hydroxyl groups is 1. The zero-order valence-corrected chi connectivity index (χ0v) is 53.6. The van der Waals surface area contributed by atoms with Gasteiger partial charge in [-0.1, -0.05) is 296 Å². The molecule has 6 aromatic rings. The van der Waals surface area contributed by atoms with E-state index in [2.05, 4.69) is 191 Å². The molecule has 0 radical (unpaired) electrons. The van der Waals surface area contributed by atoms with Crippen molar-refractivity contribution >= 4 is 23.6 Å². The second-order valence-electron chi connectivity index (χ2n) is 16.9. The van der Waals surface area contributed by atoms with Crippen LogP contribution in [0.25, 0.3) is 0 Å². The largest absolute Gasteiger partial charge is 1.00 e. The molecular formula is C69H117N4O6+. The molecule has 0 saturated heterocycles. The van der Waals surface area contributed by atoms with E-state index in [4.69, 9.17) is 5.11 Å². The van der Waals surface area contributed by atoms with Gasteiger partial charge in [0.2, 0.25) is 23.6 Å². The zero-order valence-electron chi connectivity index (χ0n) is 54.6. The van der Waals surface area contributed by atoms with Gasteiger partial charge in [-0.15, -0.1) is 0 Å². The van der Waals surface area contributed by atoms with Crippen LogP contribution >= 0.6 is 0 Å². The van der Waals surface area contributed by atoms with Crippen LogP contribution in [-0.4, -0.2) is 60.6 Å². The quantitative estimate of drug-likeness (QED) is 0.111. The normalized spacial score (nSPS) is 7.87. The average molecular weight is 1100 g/mol. The molecule has 0 bridgehead atoms. The lowest BCUT2D eigenvalue weighted by Gasteiger charge is -1.88. The summed E-state index contributed by atoms with van der Waals surface area (Å²) in [7, 11) is 0. The fraction of sp³-hybridized carbons (Fsp3) is 0.420. The monoisotopic (exact) mass is 1100 g/mol. The average Bonchev–Trinajstić information content (AvgIpc) is 3.38. The summed E-state index contributed by atoms with van der Waals surface area (Å²) < 4.78 is 0. The Balaban J connectivity index is -0.0000000831. The molecule has 0 aliphatic rings. The highest BCUT2D eigenvalue weighted by atomic mass is 16.3. The molecule has 0 unspecified atom stereocenters. The Morgan fingerprint density at radius 3 is 0.430 bits per heavy atom. The molecule has 0 saturated carbocycles. The van der Waals surface area contributed by atoms with Crippen molar-refractivity contribution in [1.82, 2.24) is 21.3 Å². The smallest absolute Gasteiger partial charge is 0.412 e. The number of hydrogen-bond donors (Lipinski definition) is 5. The van der Waals surface area contributed by atoms with Crippen molar-refractivity contribution in [3.05, 3.63) is 215 Å². The van der Waals surface area contributed by atoms with Crippen LogP contribution in [0.5, 0.6) is 0 Å². The molecule has 0 aromatic heterocycles. The number of carbonyl (C=O) groups excluding carboxylic acids is 4. The summed E-state index contributed by atoms with van der Waals surface area (Å²) in [5.74, 6) is -0.0926. The van der Waals surface area contributed by atoms with E-state index in [9.17, 15) is 19.2 Å². The molecule has 7 N–H and O–H groups in total. The van der Waals surface area contributed by atoms with Gasteiger partial charge >= 0.3 is 1.43 Å². The third-order valence-electron chi connectivity index (χ3n) is 7.25. The number of nitrogens with one attached hydrogen (secondary N) is 4. The fourth-order valence-electron chi connectivity index (χ4n) is 4.06. The van der Waals surface area contributed by atoms with Gasteiger partial charge in [-0.05, 0) is 62.3 Å². The number of amides is 4. The van der Waals surface area contributed by atoms with Crippen molar-refractivity contribution in [2.45, 2.75) is 171 Å². The molecule has 10 heteroatoms. The first-order valence-electron chi connectivity index (χ1n) is 27.8. The van der Waals surface area contributed by atoms with E-state index in [1.54, 1.807) is 0 Å². The highest BCUT2D eigenvalue weighted by Gasteiger charge is 1.82. The van der Waals surface area contributed by atoms with E-state index >= 15 is 0 Å². The fourth-order valence-corrected chi connectivity index (χ4v) is 4.06. The predicted octanol–water partition coefficient (Wildman–Crippen LogP) is 16.4. The molecule has 79 heavy (non-hydrogen) atoms. The van der Waals surface area contributed by atoms with Crippen molar-refractivity contribution in [3.8, 4) is 0 Å². The third-order valence-corrected chi connectivity index (χ3v) is 7.25. The van der Waals surface area contributed by atoms with Crippen molar-refractivity contribution in [1.29, 1.82) is 0 Å². The number of hydrogen-bond acceptors (Lipinski definition) is 5. The van der Waals surface area contributed by atoms with E-state index in [0.29, 0.717) is 0 Å². The van der Waals surface area contributed by atoms with E-state index in [0.717, 1.165) is 19.6 Å². The molecule has 0 fully saturated rings. The van der Waals surface area contributed by atoms with Crippen LogP contribution in [-0.2, 0) is 19.2 Å². The second kappa shape index (κ2) is 82.5. The van der Waals surface area contributed by atoms with Crippen LogP contribution in [0.2, 0.25) is 0 Å². The number of aliphatic hydroxyl groups excluding tert-OH is 1. The van der Waals surface area contributed by atoms with Crippen LogP contribution in [0.1, 0.15) is 164 Å². The Kier molecular flexibility index (Phi) is 95.6. The number of benzene rings is 6. The van der Waals surface area contributed by atoms with Crippen molar-refractivity contribution in [2.24, 2.45) is 0 Å². The van der Waals surface area contributed by atoms with Gasteiger partial charge in [0.25, 0.3) is 0 Å². The summed E-state index contributed by atoms with van der Waals surface area (Å²) in [6.07, 6.45) is 5.00. The predicted molar refractivity (Wildman–Crippen MR) is 350 cm³/mol. The second-order valence-corrected chi connectivity index (χ2v) is 16.9. The lowest BCUT2D eigenvalue weighted by molar-refractivity contribution is -0.120. The van der Waals surface area contributed by atoms with E-state index in [1.807, 2.05) is 130 Å². The SMILES string of the molecule is CC(=O)NCO.CCC.CCC.CCC.CCC.CCNC(C)=O.CCNC(C)=O.CCNC(C)=O.Cc1ccccc1.Cc1ccccc1.Cc1ccccc1.Cc1ccccc1.Cc1ccccc1.Cc1ccccc1.O.[H+]. The van der Waals surface area contributed by atoms with Crippen molar-refractivity contribution in [2.75, 3.05) is 26.4 Å². The third kappa shape index (κ3) is 120. The Labute approximate surface area is 486 Å². The first-order valence-corrected chi connectivity index (χ1v) is 27.8. The van der Waals surface area contributed by atoms with Gasteiger partial charge in [-0.3, -0.25) is 19.2 Å². The zero-order chi connectivity index (χ0) is 61.5. The van der Waals surface area contributed by atoms with Crippen molar-refractivity contribution < 1.29 is 31.2 Å². The Hall–Kier alpha value is -6.88. The van der Waals surface area contributed by atoms with Crippen LogP contribution in [0.4, 0.5) is 0 Å². The topological polar surface area (TPSA) is 168 Å². The molecule has 0 spiro atoms. The maximum atomic E-state index is 9.93. The molecule has 0 atom stereocenters. The Morgan fingerprint density at radius 1 is 0.291 bits per heavy atom. The molecule has 10 nitrogen and oxygen atoms in total. The summed E-state index contributed by atoms with van der Waals surface area (Å²) in [5, 5.41) is 17.7. The molecular weight excluding hydrogens is 981 g/mol. The van der Waals surface area contributed by atoms with Crippen LogP contribution in [0.3, 0.4) is 0 Å². The van der Waals surface area contributed by atoms with Crippen LogP contribution in [0, 0.1) is 41.5 Å². The Morgan fingerprint density at radius 2 is 0.405 bits per heavy atom. The summed E-state index contributed by atoms with van der Waals surface area (Å²) in [6, 6.07) is 61.6. The Bertz CT molecular complexity index is 1650. The molecule has 0 heterocycles. The van der Waals surface area contributed by atoms with E-state index in [-0.39, 0.29) is 37.3 Å². The highest BCUT2D eigenvalue weighted by molar-refractivity contribution is 5.73. The van der Waals surface area contributed by atoms with Gasteiger partial charge in [0, 0.05) is 47.3 Å². The van der Waals surface area contributed by atoms with Gasteiger partial charge in [0.05, 0.1) is 0 Å². The number of carbonyl (C=O) groups is 4. The maximum absolute atomic E-state index is 9.93. The number of rotatable bonds is 4. The lowest BCUT2D eigenvalue weighted by atomic mass is 10.2. The minimum absolute atomic E-state index is 0. The molecule has 448 valence electrons. The van der Waals surface area contributed by atoms with Gasteiger partial charge in [0.1, 0.15) is 6.73 Å². The molecule has 6 aromatic carbocycles. The van der Waals surface area contributed by atoms with Gasteiger partial charge in [-0.2, -0.15) is 0 Å². The highest BCUT2D eigenvalue weighted by Crippen LogP contribution is 1.95. The number of aryl methyl sites for hydroxylation is 6. The molecule has 0 aliphatic heterocycles. The summed E-state index contributed by atoms with van der Waals surface area (Å²) in [6.45, 7) is 43.0. The van der Waals surface area contributed by atoms with E-state index < -0.39 is 0 Å². The molecule has 4 amide bonds. The van der Waals surface area contributed by atoms with Crippen molar-refractivity contribution in [3.63, 3.8) is 0 Å².